The van der Waals surface area contributed by atoms with Crippen LogP contribution in [0.15, 0.2) is 18.2 Å². The molecule has 1 aromatic carbocycles. The molecule has 0 saturated heterocycles. The maximum atomic E-state index is 11.6. The molecule has 16 heavy (non-hydrogen) atoms. The maximum absolute atomic E-state index is 11.6. The number of anilines is 1. The van der Waals surface area contributed by atoms with Gasteiger partial charge < -0.3 is 5.11 Å². The third kappa shape index (κ3) is 1.90. The first-order valence-corrected chi connectivity index (χ1v) is 7.04. The largest absolute Gasteiger partial charge is 0.396 e. The van der Waals surface area contributed by atoms with Crippen LogP contribution in [0.1, 0.15) is 11.5 Å². The fraction of sp³-hybridized carbons (Fsp3) is 0.400. The minimum Gasteiger partial charge on any atom is -0.396 e. The van der Waals surface area contributed by atoms with Crippen molar-refractivity contribution in [2.75, 3.05) is 23.7 Å². The van der Waals surface area contributed by atoms with Crippen molar-refractivity contribution < 1.29 is 13.5 Å². The van der Waals surface area contributed by atoms with E-state index < -0.39 is 10.0 Å². The smallest absolute Gasteiger partial charge is 0.232 e. The highest BCUT2D eigenvalue weighted by molar-refractivity contribution is 7.92. The summed E-state index contributed by atoms with van der Waals surface area (Å²) < 4.78 is 24.4. The van der Waals surface area contributed by atoms with Gasteiger partial charge in [-0.3, -0.25) is 4.31 Å². The van der Waals surface area contributed by atoms with Crippen LogP contribution in [0.5, 0.6) is 0 Å². The van der Waals surface area contributed by atoms with Crippen molar-refractivity contribution in [2.45, 2.75) is 5.92 Å². The molecule has 1 unspecified atom stereocenters. The summed E-state index contributed by atoms with van der Waals surface area (Å²) in [5, 5.41) is 9.70. The Morgan fingerprint density at radius 3 is 2.81 bits per heavy atom. The van der Waals surface area contributed by atoms with Crippen LogP contribution in [-0.2, 0) is 10.0 Å². The summed E-state index contributed by atoms with van der Waals surface area (Å²) in [6, 6.07) is 5.09. The van der Waals surface area contributed by atoms with Crippen LogP contribution in [0.25, 0.3) is 0 Å². The van der Waals surface area contributed by atoms with Crippen LogP contribution in [0.4, 0.5) is 5.69 Å². The lowest BCUT2D eigenvalue weighted by atomic mass is 10.0. The molecular weight excluding hydrogens is 250 g/mol. The Balaban J connectivity index is 2.56. The van der Waals surface area contributed by atoms with Gasteiger partial charge in [-0.1, -0.05) is 17.7 Å². The zero-order valence-electron chi connectivity index (χ0n) is 8.72. The van der Waals surface area contributed by atoms with Crippen molar-refractivity contribution >= 4 is 27.3 Å². The number of rotatable bonds is 2. The van der Waals surface area contributed by atoms with Gasteiger partial charge in [-0.15, -0.1) is 0 Å². The summed E-state index contributed by atoms with van der Waals surface area (Å²) >= 11 is 5.85. The summed E-state index contributed by atoms with van der Waals surface area (Å²) in [4.78, 5) is 0. The first-order valence-electron chi connectivity index (χ1n) is 4.81. The number of aliphatic hydroxyl groups excluding tert-OH is 1. The Bertz CT molecular complexity index is 515. The lowest BCUT2D eigenvalue weighted by molar-refractivity contribution is 0.272. The lowest BCUT2D eigenvalue weighted by Crippen LogP contribution is -2.29. The SMILES string of the molecule is CS(=O)(=O)N1CC(CO)c2ccc(Cl)cc21. The molecule has 1 aliphatic heterocycles. The van der Waals surface area contributed by atoms with Crippen LogP contribution < -0.4 is 4.31 Å². The number of sulfonamides is 1. The Kier molecular flexibility index (Phi) is 2.86. The van der Waals surface area contributed by atoms with Gasteiger partial charge in [0, 0.05) is 17.5 Å². The number of halogens is 1. The second-order valence-electron chi connectivity index (χ2n) is 3.88. The molecule has 4 nitrogen and oxygen atoms in total. The van der Waals surface area contributed by atoms with Gasteiger partial charge in [0.25, 0.3) is 0 Å². The monoisotopic (exact) mass is 261 g/mol. The number of benzene rings is 1. The Morgan fingerprint density at radius 1 is 1.56 bits per heavy atom. The van der Waals surface area contributed by atoms with Gasteiger partial charge in [0.2, 0.25) is 10.0 Å². The average molecular weight is 262 g/mol. The second-order valence-corrected chi connectivity index (χ2v) is 6.22. The summed E-state index contributed by atoms with van der Waals surface area (Å²) in [5.74, 6) is -0.165. The van der Waals surface area contributed by atoms with E-state index >= 15 is 0 Å². The van der Waals surface area contributed by atoms with Crippen LogP contribution in [0, 0.1) is 0 Å². The van der Waals surface area contributed by atoms with E-state index in [1.165, 1.54) is 4.31 Å². The van der Waals surface area contributed by atoms with Crippen molar-refractivity contribution in [1.29, 1.82) is 0 Å². The first kappa shape index (κ1) is 11.7. The summed E-state index contributed by atoms with van der Waals surface area (Å²) in [5.41, 5.74) is 1.41. The van der Waals surface area contributed by atoms with E-state index in [0.717, 1.165) is 11.8 Å². The molecule has 2 rings (SSSR count). The van der Waals surface area contributed by atoms with Crippen LogP contribution in [-0.4, -0.2) is 32.9 Å². The van der Waals surface area contributed by atoms with Crippen molar-refractivity contribution in [3.8, 4) is 0 Å². The molecule has 0 fully saturated rings. The van der Waals surface area contributed by atoms with Crippen molar-refractivity contribution in [2.24, 2.45) is 0 Å². The number of fused-ring (bicyclic) bond motifs is 1. The predicted molar refractivity (Wildman–Crippen MR) is 63.5 cm³/mol. The number of hydrogen-bond acceptors (Lipinski definition) is 3. The van der Waals surface area contributed by atoms with Crippen LogP contribution in [0.2, 0.25) is 5.02 Å². The molecule has 0 amide bonds. The van der Waals surface area contributed by atoms with Gasteiger partial charge in [-0.2, -0.15) is 0 Å². The average Bonchev–Trinajstić information content (AvgIpc) is 2.54. The normalized spacial score (nSPS) is 19.9. The first-order chi connectivity index (χ1) is 7.43. The molecule has 1 aliphatic rings. The van der Waals surface area contributed by atoms with Crippen molar-refractivity contribution in [1.82, 2.24) is 0 Å². The van der Waals surface area contributed by atoms with E-state index in [4.69, 9.17) is 11.6 Å². The van der Waals surface area contributed by atoms with E-state index in [-0.39, 0.29) is 19.1 Å². The van der Waals surface area contributed by atoms with Gasteiger partial charge >= 0.3 is 0 Å². The Hall–Kier alpha value is -0.780. The molecule has 88 valence electrons. The summed E-state index contributed by atoms with van der Waals surface area (Å²) in [7, 11) is -3.31. The highest BCUT2D eigenvalue weighted by Gasteiger charge is 2.33. The lowest BCUT2D eigenvalue weighted by Gasteiger charge is -2.16. The zero-order valence-corrected chi connectivity index (χ0v) is 10.3. The summed E-state index contributed by atoms with van der Waals surface area (Å²) in [6.07, 6.45) is 1.15. The molecule has 0 saturated carbocycles. The van der Waals surface area contributed by atoms with E-state index in [2.05, 4.69) is 0 Å². The molecular formula is C10H12ClNO3S. The Labute approximate surface area is 99.5 Å². The molecule has 0 bridgehead atoms. The minimum absolute atomic E-state index is 0.0688. The van der Waals surface area contributed by atoms with Gasteiger partial charge in [0.15, 0.2) is 0 Å². The number of aliphatic hydroxyl groups is 1. The third-order valence-electron chi connectivity index (χ3n) is 2.71. The van der Waals surface area contributed by atoms with E-state index in [0.29, 0.717) is 10.7 Å². The highest BCUT2D eigenvalue weighted by Crippen LogP contribution is 2.38. The van der Waals surface area contributed by atoms with Gasteiger partial charge in [-0.25, -0.2) is 8.42 Å². The molecule has 0 radical (unpaired) electrons. The van der Waals surface area contributed by atoms with Crippen LogP contribution in [0.3, 0.4) is 0 Å². The second kappa shape index (κ2) is 3.91. The molecule has 0 aliphatic carbocycles. The number of nitrogens with zero attached hydrogens (tertiary/aromatic N) is 1. The van der Waals surface area contributed by atoms with E-state index in [1.54, 1.807) is 18.2 Å². The standard InChI is InChI=1S/C10H12ClNO3S/c1-16(14,15)12-5-7(6-13)9-3-2-8(11)4-10(9)12/h2-4,7,13H,5-6H2,1H3. The van der Waals surface area contributed by atoms with Gasteiger partial charge in [0.1, 0.15) is 0 Å². The minimum atomic E-state index is -3.31. The maximum Gasteiger partial charge on any atom is 0.232 e. The van der Waals surface area contributed by atoms with Crippen molar-refractivity contribution in [3.63, 3.8) is 0 Å². The molecule has 0 aromatic heterocycles. The van der Waals surface area contributed by atoms with Crippen LogP contribution >= 0.6 is 11.6 Å². The molecule has 0 spiro atoms. The van der Waals surface area contributed by atoms with Gasteiger partial charge in [-0.05, 0) is 17.7 Å². The highest BCUT2D eigenvalue weighted by atomic mass is 35.5. The van der Waals surface area contributed by atoms with Gasteiger partial charge in [0.05, 0.1) is 18.6 Å². The van der Waals surface area contributed by atoms with E-state index in [9.17, 15) is 13.5 Å². The van der Waals surface area contributed by atoms with Crippen molar-refractivity contribution in [3.05, 3.63) is 28.8 Å². The molecule has 1 atom stereocenters. The fourth-order valence-corrected chi connectivity index (χ4v) is 3.08. The molecule has 1 N–H and O–H groups in total. The fourth-order valence-electron chi connectivity index (χ4n) is 1.95. The topological polar surface area (TPSA) is 57.6 Å². The molecule has 1 aromatic rings. The Morgan fingerprint density at radius 2 is 2.25 bits per heavy atom. The predicted octanol–water partition coefficient (Wildman–Crippen LogP) is 1.20. The quantitative estimate of drug-likeness (QED) is 0.870. The molecule has 1 heterocycles. The third-order valence-corrected chi connectivity index (χ3v) is 4.09. The zero-order chi connectivity index (χ0) is 11.9. The molecule has 6 heteroatoms. The summed E-state index contributed by atoms with van der Waals surface area (Å²) in [6.45, 7) is 0.214. The number of hydrogen-bond donors (Lipinski definition) is 1. The van der Waals surface area contributed by atoms with E-state index in [1.807, 2.05) is 0 Å².